The fourth-order valence-electron chi connectivity index (χ4n) is 4.04. The van der Waals surface area contributed by atoms with Crippen molar-refractivity contribution in [3.8, 4) is 11.4 Å². The number of hydrogen-bond donors (Lipinski definition) is 2. The van der Waals surface area contributed by atoms with Gasteiger partial charge in [-0.15, -0.1) is 0 Å². The molecule has 0 unspecified atom stereocenters. The van der Waals surface area contributed by atoms with E-state index in [9.17, 15) is 24.3 Å². The molecule has 3 aromatic rings. The van der Waals surface area contributed by atoms with E-state index in [0.717, 1.165) is 5.56 Å². The van der Waals surface area contributed by atoms with Crippen LogP contribution in [0.15, 0.2) is 48.7 Å². The Morgan fingerprint density at radius 2 is 1.82 bits per heavy atom. The maximum absolute atomic E-state index is 13.7. The SMILES string of the molecule is CNC(=O)Cn1cc(C(C)=O)nc1-c1ccc(C(=O)O)cc1C(=O)N1CCc2ccccc2C1. The average molecular weight is 460 g/mol. The molecule has 4 rings (SSSR count). The van der Waals surface area contributed by atoms with Crippen molar-refractivity contribution in [2.24, 2.45) is 0 Å². The molecule has 0 saturated heterocycles. The number of carboxylic acid groups (broad SMARTS) is 1. The van der Waals surface area contributed by atoms with E-state index in [1.54, 1.807) is 4.90 Å². The van der Waals surface area contributed by atoms with Crippen LogP contribution in [0.3, 0.4) is 0 Å². The number of likely N-dealkylation sites (N-methyl/N-ethyl adjacent to an activating group) is 1. The Kier molecular flexibility index (Phi) is 6.27. The van der Waals surface area contributed by atoms with Crippen molar-refractivity contribution in [3.63, 3.8) is 0 Å². The maximum atomic E-state index is 13.7. The lowest BCUT2D eigenvalue weighted by atomic mass is 9.97. The van der Waals surface area contributed by atoms with Gasteiger partial charge in [0.15, 0.2) is 5.78 Å². The Bertz CT molecular complexity index is 1310. The number of fused-ring (bicyclic) bond motifs is 1. The molecule has 0 atom stereocenters. The van der Waals surface area contributed by atoms with Gasteiger partial charge >= 0.3 is 5.97 Å². The molecule has 0 saturated carbocycles. The van der Waals surface area contributed by atoms with Crippen LogP contribution >= 0.6 is 0 Å². The number of imidazole rings is 1. The third kappa shape index (κ3) is 4.45. The van der Waals surface area contributed by atoms with E-state index >= 15 is 0 Å². The molecule has 0 fully saturated rings. The lowest BCUT2D eigenvalue weighted by Gasteiger charge is -2.29. The second-order valence-corrected chi connectivity index (χ2v) is 8.12. The molecule has 0 aliphatic carbocycles. The molecule has 2 aromatic carbocycles. The first-order valence-corrected chi connectivity index (χ1v) is 10.8. The van der Waals surface area contributed by atoms with Crippen LogP contribution in [0.2, 0.25) is 0 Å². The summed E-state index contributed by atoms with van der Waals surface area (Å²) in [6.07, 6.45) is 2.15. The highest BCUT2D eigenvalue weighted by Crippen LogP contribution is 2.28. The van der Waals surface area contributed by atoms with Crippen molar-refractivity contribution < 1.29 is 24.3 Å². The van der Waals surface area contributed by atoms with Gasteiger partial charge in [-0.25, -0.2) is 9.78 Å². The van der Waals surface area contributed by atoms with Crippen LogP contribution in [0.25, 0.3) is 11.4 Å². The zero-order chi connectivity index (χ0) is 24.4. The van der Waals surface area contributed by atoms with E-state index in [2.05, 4.69) is 10.3 Å². The van der Waals surface area contributed by atoms with E-state index in [1.165, 1.54) is 48.5 Å². The number of Topliss-reactive ketones (excluding diaryl/α,β-unsaturated/α-hetero) is 1. The second kappa shape index (κ2) is 9.30. The van der Waals surface area contributed by atoms with Crippen LogP contribution in [0.4, 0.5) is 0 Å². The Labute approximate surface area is 196 Å². The van der Waals surface area contributed by atoms with Crippen LogP contribution in [0.5, 0.6) is 0 Å². The number of hydrogen-bond acceptors (Lipinski definition) is 5. The zero-order valence-electron chi connectivity index (χ0n) is 18.9. The number of benzene rings is 2. The topological polar surface area (TPSA) is 122 Å². The number of aromatic nitrogens is 2. The van der Waals surface area contributed by atoms with Crippen molar-refractivity contribution in [1.29, 1.82) is 0 Å². The molecule has 34 heavy (non-hydrogen) atoms. The van der Waals surface area contributed by atoms with Crippen LogP contribution in [0, 0.1) is 0 Å². The number of amides is 2. The summed E-state index contributed by atoms with van der Waals surface area (Å²) in [4.78, 5) is 55.4. The van der Waals surface area contributed by atoms with Gasteiger partial charge in [0.2, 0.25) is 5.91 Å². The number of rotatable bonds is 6. The number of aromatic carboxylic acids is 1. The minimum atomic E-state index is -1.16. The summed E-state index contributed by atoms with van der Waals surface area (Å²) < 4.78 is 1.49. The highest BCUT2D eigenvalue weighted by molar-refractivity contribution is 6.03. The molecule has 0 spiro atoms. The number of nitrogens with one attached hydrogen (secondary N) is 1. The highest BCUT2D eigenvalue weighted by atomic mass is 16.4. The van der Waals surface area contributed by atoms with Crippen LogP contribution in [0.1, 0.15) is 49.3 Å². The fourth-order valence-corrected chi connectivity index (χ4v) is 4.04. The van der Waals surface area contributed by atoms with Crippen molar-refractivity contribution in [2.45, 2.75) is 26.4 Å². The Morgan fingerprint density at radius 1 is 1.09 bits per heavy atom. The summed E-state index contributed by atoms with van der Waals surface area (Å²) in [5, 5.41) is 12.1. The Balaban J connectivity index is 1.81. The average Bonchev–Trinajstić information content (AvgIpc) is 3.26. The molecule has 0 bridgehead atoms. The number of carbonyl (C=O) groups is 4. The van der Waals surface area contributed by atoms with Crippen molar-refractivity contribution in [1.82, 2.24) is 19.8 Å². The lowest BCUT2D eigenvalue weighted by Crippen LogP contribution is -2.36. The summed E-state index contributed by atoms with van der Waals surface area (Å²) >= 11 is 0. The normalized spacial score (nSPS) is 12.7. The van der Waals surface area contributed by atoms with Crippen LogP contribution in [-0.4, -0.2) is 56.7 Å². The molecule has 1 aromatic heterocycles. The summed E-state index contributed by atoms with van der Waals surface area (Å²) in [7, 11) is 1.50. The van der Waals surface area contributed by atoms with Crippen molar-refractivity contribution in [2.75, 3.05) is 13.6 Å². The number of carboxylic acids is 1. The van der Waals surface area contributed by atoms with E-state index in [4.69, 9.17) is 0 Å². The largest absolute Gasteiger partial charge is 0.478 e. The van der Waals surface area contributed by atoms with Gasteiger partial charge in [-0.05, 0) is 35.7 Å². The Morgan fingerprint density at radius 3 is 2.50 bits per heavy atom. The molecule has 0 radical (unpaired) electrons. The number of carbonyl (C=O) groups excluding carboxylic acids is 3. The van der Waals surface area contributed by atoms with E-state index < -0.39 is 5.97 Å². The molecule has 2 heterocycles. The van der Waals surface area contributed by atoms with Crippen LogP contribution in [-0.2, 0) is 24.3 Å². The Hall–Kier alpha value is -4.27. The molecule has 174 valence electrons. The number of ketones is 1. The molecule has 2 amide bonds. The predicted octanol–water partition coefficient (Wildman–Crippen LogP) is 2.40. The molecular formula is C25H24N4O5. The van der Waals surface area contributed by atoms with E-state index in [0.29, 0.717) is 25.1 Å². The van der Waals surface area contributed by atoms with Gasteiger partial charge in [-0.3, -0.25) is 14.4 Å². The first kappa shape index (κ1) is 22.9. The molecule has 9 nitrogen and oxygen atoms in total. The van der Waals surface area contributed by atoms with Crippen LogP contribution < -0.4 is 5.32 Å². The van der Waals surface area contributed by atoms with E-state index in [-0.39, 0.29) is 46.8 Å². The maximum Gasteiger partial charge on any atom is 0.335 e. The fraction of sp³-hybridized carbons (Fsp3) is 0.240. The minimum Gasteiger partial charge on any atom is -0.478 e. The smallest absolute Gasteiger partial charge is 0.335 e. The van der Waals surface area contributed by atoms with Gasteiger partial charge in [0.05, 0.1) is 11.1 Å². The summed E-state index contributed by atoms with van der Waals surface area (Å²) in [5.74, 6) is -1.86. The van der Waals surface area contributed by atoms with Gasteiger partial charge in [-0.2, -0.15) is 0 Å². The van der Waals surface area contributed by atoms with Crippen molar-refractivity contribution >= 4 is 23.6 Å². The standard InChI is InChI=1S/C25H24N4O5/c1-15(30)21-13-29(14-22(31)26-2)23(27-21)19-8-7-17(25(33)34)11-20(19)24(32)28-10-9-16-5-3-4-6-18(16)12-28/h3-8,11,13H,9-10,12,14H2,1-2H3,(H,26,31)(H,33,34). The summed E-state index contributed by atoms with van der Waals surface area (Å²) in [5.41, 5.74) is 2.83. The van der Waals surface area contributed by atoms with Gasteiger partial charge in [-0.1, -0.05) is 24.3 Å². The van der Waals surface area contributed by atoms with E-state index in [1.807, 2.05) is 24.3 Å². The minimum absolute atomic E-state index is 0.0410. The molecule has 2 N–H and O–H groups in total. The summed E-state index contributed by atoms with van der Waals surface area (Å²) in [6, 6.07) is 12.1. The van der Waals surface area contributed by atoms with Gasteiger partial charge in [0.25, 0.3) is 5.91 Å². The second-order valence-electron chi connectivity index (χ2n) is 8.12. The monoisotopic (exact) mass is 460 g/mol. The molecule has 1 aliphatic heterocycles. The molecule has 1 aliphatic rings. The predicted molar refractivity (Wildman–Crippen MR) is 124 cm³/mol. The van der Waals surface area contributed by atoms with Gasteiger partial charge in [0.1, 0.15) is 18.1 Å². The van der Waals surface area contributed by atoms with Crippen molar-refractivity contribution in [3.05, 3.63) is 76.6 Å². The zero-order valence-corrected chi connectivity index (χ0v) is 18.9. The first-order valence-electron chi connectivity index (χ1n) is 10.8. The van der Waals surface area contributed by atoms with Gasteiger partial charge < -0.3 is 19.9 Å². The molecule has 9 heteroatoms. The number of nitrogens with zero attached hydrogens (tertiary/aromatic N) is 3. The third-order valence-electron chi connectivity index (χ3n) is 5.89. The third-order valence-corrected chi connectivity index (χ3v) is 5.89. The molecular weight excluding hydrogens is 436 g/mol. The first-order chi connectivity index (χ1) is 16.3. The highest BCUT2D eigenvalue weighted by Gasteiger charge is 2.27. The quantitative estimate of drug-likeness (QED) is 0.545. The lowest BCUT2D eigenvalue weighted by molar-refractivity contribution is -0.121. The summed E-state index contributed by atoms with van der Waals surface area (Å²) in [6.45, 7) is 2.13. The van der Waals surface area contributed by atoms with Gasteiger partial charge in [0, 0.05) is 38.8 Å².